The summed E-state index contributed by atoms with van der Waals surface area (Å²) in [6.07, 6.45) is 0.346. The van der Waals surface area contributed by atoms with Crippen molar-refractivity contribution < 1.29 is 27.4 Å². The molecule has 0 aliphatic heterocycles. The van der Waals surface area contributed by atoms with E-state index in [1.807, 2.05) is 0 Å². The number of aldehydes is 1. The van der Waals surface area contributed by atoms with Crippen molar-refractivity contribution in [2.75, 3.05) is 7.11 Å². The summed E-state index contributed by atoms with van der Waals surface area (Å²) in [5.41, 5.74) is 1.52. The van der Waals surface area contributed by atoms with Gasteiger partial charge in [0.05, 0.1) is 24.6 Å². The first-order valence-electron chi connectivity index (χ1n) is 8.06. The molecular weight excluding hydrogens is 377 g/mol. The molecule has 0 N–H and O–H groups in total. The fourth-order valence-electron chi connectivity index (χ4n) is 2.46. The third kappa shape index (κ3) is 4.64. The van der Waals surface area contributed by atoms with Gasteiger partial charge in [-0.1, -0.05) is 6.07 Å². The molecule has 0 aliphatic carbocycles. The Labute approximate surface area is 157 Å². The van der Waals surface area contributed by atoms with Gasteiger partial charge in [0.25, 0.3) is 0 Å². The van der Waals surface area contributed by atoms with E-state index in [9.17, 15) is 18.0 Å². The van der Waals surface area contributed by atoms with Gasteiger partial charge in [-0.05, 0) is 12.1 Å². The highest BCUT2D eigenvalue weighted by atomic mass is 19.4. The number of ether oxygens (including phenoxy) is 2. The van der Waals surface area contributed by atoms with Crippen LogP contribution in [0.1, 0.15) is 15.9 Å². The number of pyridine rings is 2. The fourth-order valence-corrected chi connectivity index (χ4v) is 2.46. The number of alkyl halides is 3. The van der Waals surface area contributed by atoms with Crippen LogP contribution in [0.15, 0.2) is 42.9 Å². The maximum absolute atomic E-state index is 12.5. The molecule has 0 fully saturated rings. The predicted molar refractivity (Wildman–Crippen MR) is 92.0 cm³/mol. The second-order valence-electron chi connectivity index (χ2n) is 5.70. The number of nitrogens with zero attached hydrogens (tertiary/aromatic N) is 4. The first kappa shape index (κ1) is 19.3. The number of aromatic nitrogens is 4. The molecule has 0 saturated heterocycles. The zero-order valence-electron chi connectivity index (χ0n) is 14.7. The van der Waals surface area contributed by atoms with Gasteiger partial charge in [-0.15, -0.1) is 0 Å². The highest BCUT2D eigenvalue weighted by Crippen LogP contribution is 2.25. The van der Waals surface area contributed by atoms with Gasteiger partial charge in [0.15, 0.2) is 6.29 Å². The van der Waals surface area contributed by atoms with E-state index in [0.717, 1.165) is 4.68 Å². The number of carbonyl (C=O) groups is 1. The van der Waals surface area contributed by atoms with Crippen LogP contribution < -0.4 is 9.47 Å². The molecule has 0 amide bonds. The normalized spacial score (nSPS) is 11.3. The van der Waals surface area contributed by atoms with E-state index in [-0.39, 0.29) is 29.5 Å². The van der Waals surface area contributed by atoms with E-state index in [1.54, 1.807) is 12.1 Å². The van der Waals surface area contributed by atoms with Crippen molar-refractivity contribution in [3.05, 3.63) is 54.0 Å². The zero-order valence-corrected chi connectivity index (χ0v) is 14.7. The SMILES string of the molecule is COc1cc(C=O)c(OCc2cccnc2-c2ccn(CC(F)(F)F)n2)cn1. The van der Waals surface area contributed by atoms with Crippen LogP contribution in [0.5, 0.6) is 11.6 Å². The first-order valence-corrected chi connectivity index (χ1v) is 8.06. The molecule has 0 atom stereocenters. The van der Waals surface area contributed by atoms with Gasteiger partial charge in [0.2, 0.25) is 5.88 Å². The van der Waals surface area contributed by atoms with Gasteiger partial charge < -0.3 is 9.47 Å². The van der Waals surface area contributed by atoms with Gasteiger partial charge in [0.1, 0.15) is 24.6 Å². The van der Waals surface area contributed by atoms with Crippen LogP contribution in [0.25, 0.3) is 11.4 Å². The Bertz CT molecular complexity index is 973. The summed E-state index contributed by atoms with van der Waals surface area (Å²) in [4.78, 5) is 19.4. The van der Waals surface area contributed by atoms with Crippen molar-refractivity contribution in [3.8, 4) is 23.0 Å². The van der Waals surface area contributed by atoms with Crippen LogP contribution in [0, 0.1) is 0 Å². The van der Waals surface area contributed by atoms with E-state index in [4.69, 9.17) is 9.47 Å². The second kappa shape index (κ2) is 8.07. The number of halogens is 3. The van der Waals surface area contributed by atoms with Crippen molar-refractivity contribution in [2.24, 2.45) is 0 Å². The van der Waals surface area contributed by atoms with Gasteiger partial charge in [0, 0.05) is 24.0 Å². The molecule has 28 heavy (non-hydrogen) atoms. The molecule has 0 spiro atoms. The maximum atomic E-state index is 12.5. The molecular formula is C18H15F3N4O3. The van der Waals surface area contributed by atoms with Crippen LogP contribution in [-0.4, -0.2) is 39.3 Å². The molecule has 146 valence electrons. The fraction of sp³-hybridized carbons (Fsp3) is 0.222. The lowest BCUT2D eigenvalue weighted by Gasteiger charge is -2.11. The molecule has 3 heterocycles. The third-order valence-corrected chi connectivity index (χ3v) is 3.71. The van der Waals surface area contributed by atoms with Crippen LogP contribution >= 0.6 is 0 Å². The number of hydrogen-bond acceptors (Lipinski definition) is 6. The van der Waals surface area contributed by atoms with E-state index in [2.05, 4.69) is 15.1 Å². The smallest absolute Gasteiger partial charge is 0.408 e. The van der Waals surface area contributed by atoms with Gasteiger partial charge in [-0.2, -0.15) is 18.3 Å². The topological polar surface area (TPSA) is 79.1 Å². The van der Waals surface area contributed by atoms with Crippen LogP contribution in [0.2, 0.25) is 0 Å². The monoisotopic (exact) mass is 392 g/mol. The Kier molecular flexibility index (Phi) is 5.57. The highest BCUT2D eigenvalue weighted by Gasteiger charge is 2.28. The summed E-state index contributed by atoms with van der Waals surface area (Å²) in [6.45, 7) is -1.17. The minimum Gasteiger partial charge on any atom is -0.486 e. The van der Waals surface area contributed by atoms with E-state index < -0.39 is 12.7 Å². The minimum atomic E-state index is -4.37. The molecule has 0 unspecified atom stereocenters. The number of methoxy groups -OCH3 is 1. The lowest BCUT2D eigenvalue weighted by Crippen LogP contribution is -2.18. The highest BCUT2D eigenvalue weighted by molar-refractivity contribution is 5.79. The lowest BCUT2D eigenvalue weighted by molar-refractivity contribution is -0.142. The first-order chi connectivity index (χ1) is 13.4. The van der Waals surface area contributed by atoms with E-state index in [1.165, 1.54) is 37.8 Å². The third-order valence-electron chi connectivity index (χ3n) is 3.71. The Morgan fingerprint density at radius 3 is 2.79 bits per heavy atom. The van der Waals surface area contributed by atoms with Gasteiger partial charge in [-0.25, -0.2) is 4.98 Å². The van der Waals surface area contributed by atoms with E-state index in [0.29, 0.717) is 17.5 Å². The zero-order chi connectivity index (χ0) is 20.1. The second-order valence-corrected chi connectivity index (χ2v) is 5.70. The Hall–Kier alpha value is -3.43. The number of hydrogen-bond donors (Lipinski definition) is 0. The molecule has 0 aromatic carbocycles. The average molecular weight is 392 g/mol. The van der Waals surface area contributed by atoms with Crippen molar-refractivity contribution in [2.45, 2.75) is 19.3 Å². The summed E-state index contributed by atoms with van der Waals surface area (Å²) >= 11 is 0. The lowest BCUT2D eigenvalue weighted by atomic mass is 10.1. The molecule has 3 rings (SSSR count). The van der Waals surface area contributed by atoms with Crippen molar-refractivity contribution in [1.82, 2.24) is 19.7 Å². The maximum Gasteiger partial charge on any atom is 0.408 e. The quantitative estimate of drug-likeness (QED) is 0.574. The summed E-state index contributed by atoms with van der Waals surface area (Å²) in [5.74, 6) is 0.514. The molecule has 0 bridgehead atoms. The standard InChI is InChI=1S/C18H15F3N4O3/c1-27-16-7-13(9-26)15(8-23-16)28-10-12-3-2-5-22-17(12)14-4-6-25(24-14)11-18(19,20)21/h2-9H,10-11H2,1H3. The molecule has 3 aromatic rings. The molecule has 0 saturated carbocycles. The minimum absolute atomic E-state index is 0.0180. The van der Waals surface area contributed by atoms with Crippen LogP contribution in [-0.2, 0) is 13.2 Å². The Balaban J connectivity index is 1.81. The molecule has 10 heteroatoms. The summed E-state index contributed by atoms with van der Waals surface area (Å²) in [5, 5.41) is 3.93. The van der Waals surface area contributed by atoms with Crippen molar-refractivity contribution >= 4 is 6.29 Å². The van der Waals surface area contributed by atoms with Gasteiger partial charge >= 0.3 is 6.18 Å². The van der Waals surface area contributed by atoms with Crippen molar-refractivity contribution in [3.63, 3.8) is 0 Å². The largest absolute Gasteiger partial charge is 0.486 e. The summed E-state index contributed by atoms with van der Waals surface area (Å²) < 4.78 is 49.0. The molecule has 7 nitrogen and oxygen atoms in total. The number of rotatable bonds is 7. The Morgan fingerprint density at radius 1 is 1.25 bits per heavy atom. The Morgan fingerprint density at radius 2 is 2.07 bits per heavy atom. The van der Waals surface area contributed by atoms with Crippen LogP contribution in [0.4, 0.5) is 13.2 Å². The summed E-state index contributed by atoms with van der Waals surface area (Å²) in [7, 11) is 1.43. The van der Waals surface area contributed by atoms with Crippen molar-refractivity contribution in [1.29, 1.82) is 0 Å². The molecule has 3 aromatic heterocycles. The molecule has 0 aliphatic rings. The average Bonchev–Trinajstić information content (AvgIpc) is 3.12. The molecule has 0 radical (unpaired) electrons. The van der Waals surface area contributed by atoms with Crippen LogP contribution in [0.3, 0.4) is 0 Å². The van der Waals surface area contributed by atoms with Gasteiger partial charge in [-0.3, -0.25) is 14.5 Å². The van der Waals surface area contributed by atoms with E-state index >= 15 is 0 Å². The summed E-state index contributed by atoms with van der Waals surface area (Å²) in [6, 6.07) is 6.26. The number of carbonyl (C=O) groups excluding carboxylic acids is 1. The predicted octanol–water partition coefficient (Wildman–Crippen LogP) is 3.30.